The molecule has 0 spiro atoms. The predicted molar refractivity (Wildman–Crippen MR) is 83.6 cm³/mol. The summed E-state index contributed by atoms with van der Waals surface area (Å²) in [5.41, 5.74) is 0.503. The first kappa shape index (κ1) is 17.1. The van der Waals surface area contributed by atoms with Crippen molar-refractivity contribution >= 4 is 11.8 Å². The smallest absolute Gasteiger partial charge is 0.251 e. The molecule has 1 heterocycles. The van der Waals surface area contributed by atoms with Crippen molar-refractivity contribution in [3.8, 4) is 11.5 Å². The molecule has 1 aliphatic rings. The number of hydrogen-bond donors (Lipinski definition) is 1. The van der Waals surface area contributed by atoms with Crippen molar-refractivity contribution in [1.29, 1.82) is 0 Å². The Balaban J connectivity index is 1.80. The zero-order valence-corrected chi connectivity index (χ0v) is 13.5. The molecular formula is C16H22N2O5. The summed E-state index contributed by atoms with van der Waals surface area (Å²) in [5, 5.41) is 2.81. The van der Waals surface area contributed by atoms with Crippen LogP contribution in [0.5, 0.6) is 11.5 Å². The molecule has 0 aromatic heterocycles. The van der Waals surface area contributed by atoms with Crippen LogP contribution in [0.2, 0.25) is 0 Å². The van der Waals surface area contributed by atoms with E-state index >= 15 is 0 Å². The lowest BCUT2D eigenvalue weighted by Gasteiger charge is -2.21. The van der Waals surface area contributed by atoms with Crippen molar-refractivity contribution in [1.82, 2.24) is 10.2 Å². The van der Waals surface area contributed by atoms with Gasteiger partial charge in [-0.3, -0.25) is 9.59 Å². The van der Waals surface area contributed by atoms with Gasteiger partial charge in [0, 0.05) is 45.8 Å². The lowest BCUT2D eigenvalue weighted by molar-refractivity contribution is -0.129. The van der Waals surface area contributed by atoms with Crippen LogP contribution in [0.3, 0.4) is 0 Å². The molecule has 126 valence electrons. The molecule has 0 radical (unpaired) electrons. The van der Waals surface area contributed by atoms with Gasteiger partial charge in [-0.05, 0) is 24.6 Å². The average molecular weight is 322 g/mol. The minimum atomic E-state index is -0.205. The largest absolute Gasteiger partial charge is 0.454 e. The summed E-state index contributed by atoms with van der Waals surface area (Å²) in [7, 11) is 1.63. The number of ether oxygens (including phenoxy) is 3. The van der Waals surface area contributed by atoms with E-state index in [1.54, 1.807) is 30.2 Å². The van der Waals surface area contributed by atoms with Gasteiger partial charge >= 0.3 is 0 Å². The summed E-state index contributed by atoms with van der Waals surface area (Å²) in [4.78, 5) is 25.4. The van der Waals surface area contributed by atoms with Gasteiger partial charge in [-0.25, -0.2) is 0 Å². The van der Waals surface area contributed by atoms with Crippen LogP contribution in [-0.2, 0) is 9.53 Å². The molecule has 0 fully saturated rings. The number of rotatable bonds is 8. The molecule has 0 saturated carbocycles. The molecule has 2 rings (SSSR count). The lowest BCUT2D eigenvalue weighted by Crippen LogP contribution is -2.38. The van der Waals surface area contributed by atoms with E-state index in [1.807, 2.05) is 0 Å². The van der Waals surface area contributed by atoms with E-state index in [0.717, 1.165) is 6.42 Å². The molecular weight excluding hydrogens is 300 g/mol. The molecule has 1 aliphatic heterocycles. The number of methoxy groups -OCH3 is 1. The van der Waals surface area contributed by atoms with Gasteiger partial charge in [-0.15, -0.1) is 0 Å². The summed E-state index contributed by atoms with van der Waals surface area (Å²) in [5.74, 6) is 0.993. The Bertz CT molecular complexity index is 561. The normalized spacial score (nSPS) is 12.1. The number of amides is 2. The van der Waals surface area contributed by atoms with E-state index < -0.39 is 0 Å². The monoisotopic (exact) mass is 322 g/mol. The second-order valence-electron chi connectivity index (χ2n) is 5.18. The fourth-order valence-electron chi connectivity index (χ4n) is 2.27. The first-order valence-electron chi connectivity index (χ1n) is 7.54. The third-order valence-electron chi connectivity index (χ3n) is 3.52. The zero-order valence-electron chi connectivity index (χ0n) is 13.5. The molecule has 0 unspecified atom stereocenters. The first-order chi connectivity index (χ1) is 11.1. The topological polar surface area (TPSA) is 77.1 Å². The fraction of sp³-hybridized carbons (Fsp3) is 0.500. The molecule has 0 bridgehead atoms. The van der Waals surface area contributed by atoms with Crippen LogP contribution in [0.25, 0.3) is 0 Å². The quantitative estimate of drug-likeness (QED) is 0.723. The van der Waals surface area contributed by atoms with Crippen LogP contribution < -0.4 is 14.8 Å². The Morgan fingerprint density at radius 1 is 1.26 bits per heavy atom. The summed E-state index contributed by atoms with van der Waals surface area (Å²) in [6, 6.07) is 5.05. The Morgan fingerprint density at radius 2 is 2.04 bits per heavy atom. The predicted octanol–water partition coefficient (Wildman–Crippen LogP) is 1.03. The Hall–Kier alpha value is -2.28. The number of nitrogens with zero attached hydrogens (tertiary/aromatic N) is 1. The van der Waals surface area contributed by atoms with Crippen LogP contribution >= 0.6 is 0 Å². The summed E-state index contributed by atoms with van der Waals surface area (Å²) in [6.07, 6.45) is 0.770. The van der Waals surface area contributed by atoms with Crippen LogP contribution in [-0.4, -0.2) is 56.9 Å². The van der Waals surface area contributed by atoms with Crippen molar-refractivity contribution < 1.29 is 23.8 Å². The Morgan fingerprint density at radius 3 is 2.78 bits per heavy atom. The van der Waals surface area contributed by atoms with Crippen LogP contribution in [0, 0.1) is 0 Å². The highest BCUT2D eigenvalue weighted by Gasteiger charge is 2.16. The minimum absolute atomic E-state index is 0.0153. The van der Waals surface area contributed by atoms with Crippen molar-refractivity contribution in [3.63, 3.8) is 0 Å². The van der Waals surface area contributed by atoms with Crippen molar-refractivity contribution in [2.24, 2.45) is 0 Å². The molecule has 0 aliphatic carbocycles. The van der Waals surface area contributed by atoms with Gasteiger partial charge in [0.25, 0.3) is 5.91 Å². The minimum Gasteiger partial charge on any atom is -0.454 e. The molecule has 2 amide bonds. The Labute approximate surface area is 135 Å². The highest BCUT2D eigenvalue weighted by atomic mass is 16.7. The number of carbonyl (C=O) groups excluding carboxylic acids is 2. The first-order valence-corrected chi connectivity index (χ1v) is 7.54. The van der Waals surface area contributed by atoms with Gasteiger partial charge in [0.15, 0.2) is 11.5 Å². The summed E-state index contributed by atoms with van der Waals surface area (Å²) in [6.45, 7) is 3.77. The van der Waals surface area contributed by atoms with Crippen LogP contribution in [0.1, 0.15) is 23.7 Å². The number of fused-ring (bicyclic) bond motifs is 1. The van der Waals surface area contributed by atoms with Gasteiger partial charge < -0.3 is 24.4 Å². The number of hydrogen-bond acceptors (Lipinski definition) is 5. The number of benzene rings is 1. The maximum absolute atomic E-state index is 12.1. The van der Waals surface area contributed by atoms with E-state index in [1.165, 1.54) is 6.92 Å². The third kappa shape index (κ3) is 4.85. The van der Waals surface area contributed by atoms with E-state index in [4.69, 9.17) is 14.2 Å². The number of nitrogens with one attached hydrogen (secondary N) is 1. The van der Waals surface area contributed by atoms with Gasteiger partial charge in [0.1, 0.15) is 0 Å². The zero-order chi connectivity index (χ0) is 16.7. The van der Waals surface area contributed by atoms with Gasteiger partial charge in [-0.1, -0.05) is 0 Å². The second-order valence-corrected chi connectivity index (χ2v) is 5.18. The van der Waals surface area contributed by atoms with Crippen molar-refractivity contribution in [3.05, 3.63) is 23.8 Å². The highest BCUT2D eigenvalue weighted by molar-refractivity contribution is 5.94. The molecule has 7 nitrogen and oxygen atoms in total. The maximum Gasteiger partial charge on any atom is 0.251 e. The van der Waals surface area contributed by atoms with E-state index in [2.05, 4.69) is 5.32 Å². The van der Waals surface area contributed by atoms with Crippen molar-refractivity contribution in [2.45, 2.75) is 13.3 Å². The lowest BCUT2D eigenvalue weighted by atomic mass is 10.2. The van der Waals surface area contributed by atoms with Crippen LogP contribution in [0.15, 0.2) is 18.2 Å². The SMILES string of the molecule is COCCCN(CCNC(=O)c1ccc2c(c1)OCO2)C(C)=O. The van der Waals surface area contributed by atoms with Crippen molar-refractivity contribution in [2.75, 3.05) is 40.1 Å². The second kappa shape index (κ2) is 8.38. The molecule has 1 N–H and O–H groups in total. The molecule has 0 saturated heterocycles. The van der Waals surface area contributed by atoms with Crippen LogP contribution in [0.4, 0.5) is 0 Å². The van der Waals surface area contributed by atoms with Gasteiger partial charge in [-0.2, -0.15) is 0 Å². The highest BCUT2D eigenvalue weighted by Crippen LogP contribution is 2.32. The summed E-state index contributed by atoms with van der Waals surface area (Å²) >= 11 is 0. The van der Waals surface area contributed by atoms with E-state index in [0.29, 0.717) is 43.3 Å². The summed E-state index contributed by atoms with van der Waals surface area (Å²) < 4.78 is 15.4. The molecule has 1 aromatic carbocycles. The maximum atomic E-state index is 12.1. The fourth-order valence-corrected chi connectivity index (χ4v) is 2.27. The molecule has 0 atom stereocenters. The number of carbonyl (C=O) groups is 2. The Kier molecular flexibility index (Phi) is 6.22. The van der Waals surface area contributed by atoms with Gasteiger partial charge in [0.2, 0.25) is 12.7 Å². The van der Waals surface area contributed by atoms with Gasteiger partial charge in [0.05, 0.1) is 0 Å². The molecule has 23 heavy (non-hydrogen) atoms. The molecule has 7 heteroatoms. The van der Waals surface area contributed by atoms with E-state index in [-0.39, 0.29) is 18.6 Å². The third-order valence-corrected chi connectivity index (χ3v) is 3.52. The average Bonchev–Trinajstić information content (AvgIpc) is 3.00. The standard InChI is InChI=1S/C16H22N2O5/c1-12(19)18(7-3-9-21-2)8-6-17-16(20)13-4-5-14-15(10-13)23-11-22-14/h4-5,10H,3,6-9,11H2,1-2H3,(H,17,20). The van der Waals surface area contributed by atoms with E-state index in [9.17, 15) is 9.59 Å². The molecule has 1 aromatic rings.